The number of unbranched alkanes of at least 4 members (excludes halogenated alkanes) is 3. The van der Waals surface area contributed by atoms with Gasteiger partial charge in [0.2, 0.25) is 0 Å². The third-order valence-corrected chi connectivity index (χ3v) is 3.18. The number of aliphatic hydroxyl groups is 1. The molecule has 1 rings (SSSR count). The first-order valence-corrected chi connectivity index (χ1v) is 6.99. The minimum atomic E-state index is 0.302. The second-order valence-corrected chi connectivity index (χ2v) is 5.16. The zero-order chi connectivity index (χ0) is 13.4. The quantitative estimate of drug-likeness (QED) is 0.705. The van der Waals surface area contributed by atoms with Gasteiger partial charge in [-0.1, -0.05) is 26.3 Å². The molecule has 2 nitrogen and oxygen atoms in total. The Hall–Kier alpha value is -1.02. The second kappa shape index (κ2) is 8.15. The smallest absolute Gasteiger partial charge is 0.119 e. The van der Waals surface area contributed by atoms with E-state index >= 15 is 0 Å². The molecule has 1 aromatic rings. The Kier molecular flexibility index (Phi) is 6.81. The van der Waals surface area contributed by atoms with Crippen LogP contribution in [0.5, 0.6) is 5.75 Å². The van der Waals surface area contributed by atoms with Gasteiger partial charge in [-0.05, 0) is 55.4 Å². The van der Waals surface area contributed by atoms with Crippen molar-refractivity contribution in [3.05, 3.63) is 29.3 Å². The second-order valence-electron chi connectivity index (χ2n) is 5.16. The molecule has 0 radical (unpaired) electrons. The van der Waals surface area contributed by atoms with Crippen LogP contribution >= 0.6 is 0 Å². The van der Waals surface area contributed by atoms with Crippen LogP contribution in [0.2, 0.25) is 0 Å². The normalized spacial score (nSPS) is 10.9. The van der Waals surface area contributed by atoms with Gasteiger partial charge < -0.3 is 9.84 Å². The summed E-state index contributed by atoms with van der Waals surface area (Å²) in [5, 5.41) is 8.67. The average molecular weight is 250 g/mol. The molecular formula is C16H26O2. The topological polar surface area (TPSA) is 29.5 Å². The van der Waals surface area contributed by atoms with Crippen LogP contribution in [-0.4, -0.2) is 18.3 Å². The molecule has 1 aromatic carbocycles. The minimum Gasteiger partial charge on any atom is -0.494 e. The lowest BCUT2D eigenvalue weighted by atomic mass is 9.98. The van der Waals surface area contributed by atoms with Crippen LogP contribution < -0.4 is 4.74 Å². The third-order valence-electron chi connectivity index (χ3n) is 3.18. The summed E-state index contributed by atoms with van der Waals surface area (Å²) in [5.74, 6) is 1.54. The molecule has 102 valence electrons. The largest absolute Gasteiger partial charge is 0.494 e. The highest BCUT2D eigenvalue weighted by Gasteiger charge is 2.04. The van der Waals surface area contributed by atoms with Crippen LogP contribution in [0.15, 0.2) is 18.2 Å². The molecule has 0 unspecified atom stereocenters. The molecule has 0 aromatic heterocycles. The standard InChI is InChI=1S/C16H26O2/c1-13(2)16-9-8-15(12-14(16)3)18-11-7-5-4-6-10-17/h8-9,12-13,17H,4-7,10-11H2,1-3H3. The highest BCUT2D eigenvalue weighted by molar-refractivity contribution is 5.36. The molecule has 1 N–H and O–H groups in total. The van der Waals surface area contributed by atoms with Gasteiger partial charge >= 0.3 is 0 Å². The van der Waals surface area contributed by atoms with Crippen LogP contribution in [0.4, 0.5) is 0 Å². The first-order valence-electron chi connectivity index (χ1n) is 6.99. The van der Waals surface area contributed by atoms with Crippen LogP contribution in [0.25, 0.3) is 0 Å². The molecule has 0 heterocycles. The predicted octanol–water partition coefficient (Wildman–Crippen LogP) is 4.05. The Labute approximate surface area is 111 Å². The molecule has 0 saturated carbocycles. The van der Waals surface area contributed by atoms with Crippen molar-refractivity contribution in [1.29, 1.82) is 0 Å². The third kappa shape index (κ3) is 5.09. The Bertz CT molecular complexity index is 345. The first-order chi connectivity index (χ1) is 8.65. The first kappa shape index (κ1) is 15.0. The van der Waals surface area contributed by atoms with Crippen LogP contribution in [0, 0.1) is 6.92 Å². The van der Waals surface area contributed by atoms with Crippen molar-refractivity contribution in [3.63, 3.8) is 0 Å². The lowest BCUT2D eigenvalue weighted by Crippen LogP contribution is -1.99. The number of aryl methyl sites for hydroxylation is 1. The van der Waals surface area contributed by atoms with Crippen molar-refractivity contribution >= 4 is 0 Å². The fourth-order valence-corrected chi connectivity index (χ4v) is 2.14. The molecule has 0 fully saturated rings. The lowest BCUT2D eigenvalue weighted by Gasteiger charge is -2.12. The van der Waals surface area contributed by atoms with Gasteiger partial charge in [-0.25, -0.2) is 0 Å². The van der Waals surface area contributed by atoms with E-state index < -0.39 is 0 Å². The van der Waals surface area contributed by atoms with Crippen LogP contribution in [-0.2, 0) is 0 Å². The van der Waals surface area contributed by atoms with Crippen molar-refractivity contribution in [2.75, 3.05) is 13.2 Å². The van der Waals surface area contributed by atoms with Gasteiger partial charge in [0.15, 0.2) is 0 Å². The summed E-state index contributed by atoms with van der Waals surface area (Å²) >= 11 is 0. The molecule has 18 heavy (non-hydrogen) atoms. The molecule has 0 aliphatic rings. The fourth-order valence-electron chi connectivity index (χ4n) is 2.14. The Morgan fingerprint density at radius 2 is 1.83 bits per heavy atom. The zero-order valence-electron chi connectivity index (χ0n) is 11.9. The maximum Gasteiger partial charge on any atom is 0.119 e. The van der Waals surface area contributed by atoms with E-state index in [4.69, 9.17) is 9.84 Å². The van der Waals surface area contributed by atoms with Gasteiger partial charge in [0.05, 0.1) is 6.61 Å². The van der Waals surface area contributed by atoms with Gasteiger partial charge in [0.1, 0.15) is 5.75 Å². The van der Waals surface area contributed by atoms with Gasteiger partial charge in [0, 0.05) is 6.61 Å². The molecule has 0 amide bonds. The lowest BCUT2D eigenvalue weighted by molar-refractivity contribution is 0.273. The van der Waals surface area contributed by atoms with Gasteiger partial charge in [-0.15, -0.1) is 0 Å². The molecule has 0 aliphatic carbocycles. The van der Waals surface area contributed by atoms with E-state index in [-0.39, 0.29) is 0 Å². The van der Waals surface area contributed by atoms with Crippen molar-refractivity contribution in [2.45, 2.75) is 52.4 Å². The van der Waals surface area contributed by atoms with E-state index in [0.29, 0.717) is 12.5 Å². The zero-order valence-corrected chi connectivity index (χ0v) is 11.9. The Balaban J connectivity index is 2.33. The summed E-state index contributed by atoms with van der Waals surface area (Å²) in [7, 11) is 0. The summed E-state index contributed by atoms with van der Waals surface area (Å²) in [4.78, 5) is 0. The van der Waals surface area contributed by atoms with Gasteiger partial charge in [-0.2, -0.15) is 0 Å². The number of hydrogen-bond donors (Lipinski definition) is 1. The van der Waals surface area contributed by atoms with E-state index in [1.165, 1.54) is 11.1 Å². The highest BCUT2D eigenvalue weighted by Crippen LogP contribution is 2.23. The summed E-state index contributed by atoms with van der Waals surface area (Å²) in [6.07, 6.45) is 4.18. The summed E-state index contributed by atoms with van der Waals surface area (Å²) in [5.41, 5.74) is 2.70. The van der Waals surface area contributed by atoms with E-state index in [1.54, 1.807) is 0 Å². The molecule has 0 spiro atoms. The number of rotatable bonds is 8. The van der Waals surface area contributed by atoms with E-state index in [2.05, 4.69) is 39.0 Å². The average Bonchev–Trinajstić information content (AvgIpc) is 2.33. The molecule has 0 saturated heterocycles. The summed E-state index contributed by atoms with van der Waals surface area (Å²) in [6.45, 7) is 7.64. The maximum absolute atomic E-state index is 8.67. The maximum atomic E-state index is 8.67. The van der Waals surface area contributed by atoms with Gasteiger partial charge in [0.25, 0.3) is 0 Å². The van der Waals surface area contributed by atoms with Crippen LogP contribution in [0.1, 0.15) is 56.6 Å². The van der Waals surface area contributed by atoms with E-state index in [9.17, 15) is 0 Å². The fraction of sp³-hybridized carbons (Fsp3) is 0.625. The monoisotopic (exact) mass is 250 g/mol. The number of ether oxygens (including phenoxy) is 1. The summed E-state index contributed by atoms with van der Waals surface area (Å²) in [6, 6.07) is 6.36. The molecule has 0 atom stereocenters. The molecule has 0 aliphatic heterocycles. The predicted molar refractivity (Wildman–Crippen MR) is 76.3 cm³/mol. The SMILES string of the molecule is Cc1cc(OCCCCCCO)ccc1C(C)C. The minimum absolute atomic E-state index is 0.302. The van der Waals surface area contributed by atoms with Crippen molar-refractivity contribution in [2.24, 2.45) is 0 Å². The van der Waals surface area contributed by atoms with Gasteiger partial charge in [-0.3, -0.25) is 0 Å². The van der Waals surface area contributed by atoms with E-state index in [0.717, 1.165) is 38.0 Å². The number of benzene rings is 1. The number of hydrogen-bond acceptors (Lipinski definition) is 2. The van der Waals surface area contributed by atoms with E-state index in [1.807, 2.05) is 0 Å². The Morgan fingerprint density at radius 3 is 2.44 bits per heavy atom. The number of aliphatic hydroxyl groups excluding tert-OH is 1. The van der Waals surface area contributed by atoms with Crippen LogP contribution in [0.3, 0.4) is 0 Å². The molecule has 2 heteroatoms. The van der Waals surface area contributed by atoms with Crippen molar-refractivity contribution < 1.29 is 9.84 Å². The highest BCUT2D eigenvalue weighted by atomic mass is 16.5. The molecular weight excluding hydrogens is 224 g/mol. The van der Waals surface area contributed by atoms with Crippen molar-refractivity contribution in [1.82, 2.24) is 0 Å². The summed E-state index contributed by atoms with van der Waals surface area (Å²) < 4.78 is 5.74. The Morgan fingerprint density at radius 1 is 1.11 bits per heavy atom. The van der Waals surface area contributed by atoms with Crippen molar-refractivity contribution in [3.8, 4) is 5.75 Å². The molecule has 0 bridgehead atoms.